The van der Waals surface area contributed by atoms with Crippen LogP contribution >= 0.6 is 0 Å². The summed E-state index contributed by atoms with van der Waals surface area (Å²) in [6, 6.07) is 44.8. The SMILES string of the molecule is Cc1ccccc1-c1cccc(-c2cc(-c3cc4c5ccccc5n5c6ccccc6c(c3)c45)ccc2C)c1C. The summed E-state index contributed by atoms with van der Waals surface area (Å²) in [7, 11) is 0. The van der Waals surface area contributed by atoms with Gasteiger partial charge in [-0.1, -0.05) is 91.0 Å². The minimum Gasteiger partial charge on any atom is -0.308 e. The zero-order valence-corrected chi connectivity index (χ0v) is 23.0. The van der Waals surface area contributed by atoms with E-state index in [2.05, 4.69) is 146 Å². The molecule has 0 radical (unpaired) electrons. The normalized spacial score (nSPS) is 11.9. The van der Waals surface area contributed by atoms with E-state index in [1.807, 2.05) is 0 Å². The summed E-state index contributed by atoms with van der Waals surface area (Å²) < 4.78 is 2.44. The third-order valence-electron chi connectivity index (χ3n) is 8.83. The van der Waals surface area contributed by atoms with E-state index in [-0.39, 0.29) is 0 Å². The summed E-state index contributed by atoms with van der Waals surface area (Å²) in [5.74, 6) is 0. The van der Waals surface area contributed by atoms with E-state index in [0.717, 1.165) is 0 Å². The van der Waals surface area contributed by atoms with Gasteiger partial charge in [-0.3, -0.25) is 0 Å². The van der Waals surface area contributed by atoms with Gasteiger partial charge in [-0.15, -0.1) is 0 Å². The fraction of sp³-hybridized carbons (Fsp3) is 0.0769. The van der Waals surface area contributed by atoms with Crippen LogP contribution in [0.3, 0.4) is 0 Å². The molecule has 1 nitrogen and oxygen atoms in total. The van der Waals surface area contributed by atoms with Gasteiger partial charge in [0.15, 0.2) is 0 Å². The lowest BCUT2D eigenvalue weighted by molar-refractivity contribution is 1.37. The molecule has 0 bridgehead atoms. The second-order valence-corrected chi connectivity index (χ2v) is 11.1. The van der Waals surface area contributed by atoms with E-state index in [9.17, 15) is 0 Å². The van der Waals surface area contributed by atoms with Crippen molar-refractivity contribution in [3.63, 3.8) is 0 Å². The number of nitrogens with zero attached hydrogens (tertiary/aromatic N) is 1. The number of hydrogen-bond donors (Lipinski definition) is 0. The number of aryl methyl sites for hydroxylation is 2. The van der Waals surface area contributed by atoms with E-state index in [1.165, 1.54) is 88.2 Å². The smallest absolute Gasteiger partial charge is 0.0620 e. The molecule has 0 fully saturated rings. The molecule has 0 spiro atoms. The van der Waals surface area contributed by atoms with Crippen LogP contribution in [0, 0.1) is 20.8 Å². The molecule has 0 N–H and O–H groups in total. The quantitative estimate of drug-likeness (QED) is 0.222. The van der Waals surface area contributed by atoms with Gasteiger partial charge in [-0.05, 0) is 101 Å². The molecule has 0 saturated carbocycles. The first-order valence-electron chi connectivity index (χ1n) is 14.0. The number of fused-ring (bicyclic) bond motifs is 6. The number of benzene rings is 6. The molecule has 1 heteroatoms. The van der Waals surface area contributed by atoms with Crippen molar-refractivity contribution in [2.75, 3.05) is 0 Å². The maximum atomic E-state index is 2.44. The van der Waals surface area contributed by atoms with Crippen LogP contribution < -0.4 is 0 Å². The van der Waals surface area contributed by atoms with Crippen molar-refractivity contribution in [1.29, 1.82) is 0 Å². The molecule has 0 saturated heterocycles. The Morgan fingerprint density at radius 3 is 1.62 bits per heavy atom. The van der Waals surface area contributed by atoms with Gasteiger partial charge in [0.05, 0.1) is 16.6 Å². The van der Waals surface area contributed by atoms with Gasteiger partial charge in [-0.2, -0.15) is 0 Å². The topological polar surface area (TPSA) is 4.41 Å². The minimum absolute atomic E-state index is 1.25. The molecule has 8 aromatic rings. The number of hydrogen-bond acceptors (Lipinski definition) is 0. The zero-order valence-electron chi connectivity index (χ0n) is 23.0. The van der Waals surface area contributed by atoms with E-state index in [0.29, 0.717) is 0 Å². The van der Waals surface area contributed by atoms with E-state index < -0.39 is 0 Å². The number of aromatic nitrogens is 1. The van der Waals surface area contributed by atoms with Crippen molar-refractivity contribution < 1.29 is 0 Å². The second-order valence-electron chi connectivity index (χ2n) is 11.1. The van der Waals surface area contributed by atoms with Crippen LogP contribution in [0.5, 0.6) is 0 Å². The first-order chi connectivity index (χ1) is 19.6. The molecule has 6 aromatic carbocycles. The molecule has 2 aromatic heterocycles. The standard InChI is InChI=1S/C39H29N/c1-24-11-4-5-12-29(24)30-15-10-16-31(26(30)3)34-21-27(20-19-25(34)2)28-22-35-32-13-6-8-17-37(32)40-38-18-9-7-14-33(38)36(23-28)39(35)40/h4-23H,1-3H3. The second kappa shape index (κ2) is 8.56. The van der Waals surface area contributed by atoms with Crippen LogP contribution in [0.4, 0.5) is 0 Å². The Morgan fingerprint density at radius 2 is 0.950 bits per heavy atom. The molecule has 0 aliphatic heterocycles. The van der Waals surface area contributed by atoms with Crippen LogP contribution in [0.25, 0.3) is 71.5 Å². The minimum atomic E-state index is 1.25. The van der Waals surface area contributed by atoms with Crippen molar-refractivity contribution in [3.05, 3.63) is 138 Å². The summed E-state index contributed by atoms with van der Waals surface area (Å²) >= 11 is 0. The van der Waals surface area contributed by atoms with Gasteiger partial charge >= 0.3 is 0 Å². The third-order valence-corrected chi connectivity index (χ3v) is 8.83. The Morgan fingerprint density at radius 1 is 0.400 bits per heavy atom. The van der Waals surface area contributed by atoms with Crippen molar-refractivity contribution in [3.8, 4) is 33.4 Å². The average Bonchev–Trinajstić information content (AvgIpc) is 3.50. The highest BCUT2D eigenvalue weighted by Crippen LogP contribution is 2.42. The fourth-order valence-electron chi connectivity index (χ4n) is 6.80. The molecule has 0 aliphatic carbocycles. The Hall–Kier alpha value is -4.88. The van der Waals surface area contributed by atoms with Crippen molar-refractivity contribution in [1.82, 2.24) is 4.40 Å². The van der Waals surface area contributed by atoms with Gasteiger partial charge in [0, 0.05) is 21.5 Å². The Bertz CT molecular complexity index is 2160. The summed E-state index contributed by atoms with van der Waals surface area (Å²) in [6.07, 6.45) is 0. The Balaban J connectivity index is 1.37. The Kier molecular flexibility index (Phi) is 4.93. The highest BCUT2D eigenvalue weighted by molar-refractivity contribution is 6.24. The van der Waals surface area contributed by atoms with E-state index in [1.54, 1.807) is 0 Å². The highest BCUT2D eigenvalue weighted by atomic mass is 14.9. The van der Waals surface area contributed by atoms with Crippen LogP contribution in [0.2, 0.25) is 0 Å². The van der Waals surface area contributed by atoms with E-state index >= 15 is 0 Å². The monoisotopic (exact) mass is 511 g/mol. The third kappa shape index (κ3) is 3.21. The molecule has 0 amide bonds. The van der Waals surface area contributed by atoms with Crippen molar-refractivity contribution in [2.24, 2.45) is 0 Å². The fourth-order valence-corrected chi connectivity index (χ4v) is 6.80. The number of rotatable bonds is 3. The van der Waals surface area contributed by atoms with Gasteiger partial charge in [0.2, 0.25) is 0 Å². The zero-order chi connectivity index (χ0) is 27.0. The molecule has 40 heavy (non-hydrogen) atoms. The molecule has 190 valence electrons. The Labute approximate surface area is 234 Å². The van der Waals surface area contributed by atoms with E-state index in [4.69, 9.17) is 0 Å². The van der Waals surface area contributed by atoms with Crippen LogP contribution in [0.15, 0.2) is 121 Å². The van der Waals surface area contributed by atoms with Crippen LogP contribution in [-0.2, 0) is 0 Å². The lowest BCUT2D eigenvalue weighted by atomic mass is 9.88. The molecular weight excluding hydrogens is 482 g/mol. The van der Waals surface area contributed by atoms with Gasteiger partial charge in [0.25, 0.3) is 0 Å². The van der Waals surface area contributed by atoms with Crippen LogP contribution in [0.1, 0.15) is 16.7 Å². The van der Waals surface area contributed by atoms with Gasteiger partial charge in [0.1, 0.15) is 0 Å². The largest absolute Gasteiger partial charge is 0.308 e. The molecular formula is C39H29N. The lowest BCUT2D eigenvalue weighted by Gasteiger charge is -2.16. The average molecular weight is 512 g/mol. The molecule has 2 heterocycles. The maximum Gasteiger partial charge on any atom is 0.0620 e. The summed E-state index contributed by atoms with van der Waals surface area (Å²) in [5.41, 5.74) is 15.5. The first-order valence-corrected chi connectivity index (χ1v) is 14.0. The van der Waals surface area contributed by atoms with Crippen molar-refractivity contribution in [2.45, 2.75) is 20.8 Å². The molecule has 0 unspecified atom stereocenters. The lowest BCUT2D eigenvalue weighted by Crippen LogP contribution is -1.93. The van der Waals surface area contributed by atoms with Crippen LogP contribution in [-0.4, -0.2) is 4.40 Å². The van der Waals surface area contributed by atoms with Gasteiger partial charge < -0.3 is 4.40 Å². The summed E-state index contributed by atoms with van der Waals surface area (Å²) in [6.45, 7) is 6.69. The number of para-hydroxylation sites is 2. The maximum absolute atomic E-state index is 2.44. The van der Waals surface area contributed by atoms with Gasteiger partial charge in [-0.25, -0.2) is 0 Å². The summed E-state index contributed by atoms with van der Waals surface area (Å²) in [4.78, 5) is 0. The molecule has 0 atom stereocenters. The molecule has 0 aliphatic rings. The van der Waals surface area contributed by atoms with Crippen molar-refractivity contribution >= 4 is 38.1 Å². The predicted octanol–water partition coefficient (Wildman–Crippen LogP) is 10.8. The molecule has 8 rings (SSSR count). The first kappa shape index (κ1) is 23.0. The highest BCUT2D eigenvalue weighted by Gasteiger charge is 2.19. The predicted molar refractivity (Wildman–Crippen MR) is 172 cm³/mol. The summed E-state index contributed by atoms with van der Waals surface area (Å²) in [5, 5.41) is 5.26.